The number of nitrogens with one attached hydrogen (secondary N) is 1. The summed E-state index contributed by atoms with van der Waals surface area (Å²) in [7, 11) is 1.64. The maximum absolute atomic E-state index is 13.0. The van der Waals surface area contributed by atoms with Crippen LogP contribution in [0.5, 0.6) is 0 Å². The first-order valence-corrected chi connectivity index (χ1v) is 10.3. The molecule has 2 aromatic rings. The molecule has 2 aromatic carbocycles. The van der Waals surface area contributed by atoms with Gasteiger partial charge in [0.05, 0.1) is 6.61 Å². The Balaban J connectivity index is 1.56. The number of nitrogens with zero attached hydrogens (tertiary/aromatic N) is 1. The largest absolute Gasteiger partial charge is 0.383 e. The summed E-state index contributed by atoms with van der Waals surface area (Å²) >= 11 is 0. The highest BCUT2D eigenvalue weighted by Gasteiger charge is 2.39. The number of carbonyl (C=O) groups excluding carboxylic acids is 2. The number of aryl methyl sites for hydroxylation is 1. The van der Waals surface area contributed by atoms with Crippen LogP contribution < -0.4 is 5.32 Å². The summed E-state index contributed by atoms with van der Waals surface area (Å²) in [6, 6.07) is 17.5. The van der Waals surface area contributed by atoms with Crippen molar-refractivity contribution < 1.29 is 14.3 Å². The van der Waals surface area contributed by atoms with Gasteiger partial charge in [-0.1, -0.05) is 37.3 Å². The molecule has 3 rings (SSSR count). The summed E-state index contributed by atoms with van der Waals surface area (Å²) in [6.07, 6.45) is 2.79. The topological polar surface area (TPSA) is 58.6 Å². The van der Waals surface area contributed by atoms with E-state index in [0.29, 0.717) is 31.2 Å². The van der Waals surface area contributed by atoms with Gasteiger partial charge < -0.3 is 15.0 Å². The van der Waals surface area contributed by atoms with Crippen LogP contribution in [0.2, 0.25) is 0 Å². The van der Waals surface area contributed by atoms with Crippen molar-refractivity contribution in [3.05, 3.63) is 65.7 Å². The Morgan fingerprint density at radius 1 is 1.07 bits per heavy atom. The highest BCUT2D eigenvalue weighted by molar-refractivity contribution is 5.97. The highest BCUT2D eigenvalue weighted by atomic mass is 16.5. The van der Waals surface area contributed by atoms with E-state index in [4.69, 9.17) is 4.74 Å². The van der Waals surface area contributed by atoms with E-state index < -0.39 is 0 Å². The lowest BCUT2D eigenvalue weighted by atomic mass is 10.1. The van der Waals surface area contributed by atoms with Crippen LogP contribution in [0.25, 0.3) is 0 Å². The zero-order valence-electron chi connectivity index (χ0n) is 17.3. The zero-order valence-corrected chi connectivity index (χ0v) is 17.3. The highest BCUT2D eigenvalue weighted by Crippen LogP contribution is 2.38. The van der Waals surface area contributed by atoms with Gasteiger partial charge in [0.25, 0.3) is 5.91 Å². The molecule has 0 saturated heterocycles. The minimum Gasteiger partial charge on any atom is -0.383 e. The van der Waals surface area contributed by atoms with Crippen molar-refractivity contribution in [1.82, 2.24) is 4.90 Å². The van der Waals surface area contributed by atoms with Crippen molar-refractivity contribution in [1.29, 1.82) is 0 Å². The molecule has 0 aliphatic heterocycles. The molecule has 2 unspecified atom stereocenters. The Morgan fingerprint density at radius 2 is 1.76 bits per heavy atom. The Morgan fingerprint density at radius 3 is 2.38 bits per heavy atom. The molecule has 1 fully saturated rings. The summed E-state index contributed by atoms with van der Waals surface area (Å²) in [4.78, 5) is 26.9. The average Bonchev–Trinajstić information content (AvgIpc) is 3.48. The average molecular weight is 395 g/mol. The van der Waals surface area contributed by atoms with Crippen molar-refractivity contribution in [2.75, 3.05) is 32.1 Å². The molecule has 0 heterocycles. The molecule has 2 atom stereocenters. The Labute approximate surface area is 173 Å². The maximum Gasteiger partial charge on any atom is 0.253 e. The van der Waals surface area contributed by atoms with Crippen LogP contribution in [0.15, 0.2) is 54.6 Å². The molecule has 0 spiro atoms. The van der Waals surface area contributed by atoms with Crippen LogP contribution >= 0.6 is 0 Å². The fourth-order valence-electron chi connectivity index (χ4n) is 3.44. The minimum absolute atomic E-state index is 0.0104. The first-order valence-electron chi connectivity index (χ1n) is 10.3. The van der Waals surface area contributed by atoms with Gasteiger partial charge in [-0.05, 0) is 55.0 Å². The standard InChI is InChI=1S/C24H30N2O3/c1-18-17-22(18)23(27)25-21-12-10-20(11-13-21)24(28)26(15-16-29-2)14-6-9-19-7-4-3-5-8-19/h3-5,7-8,10-13,18,22H,6,9,14-17H2,1-2H3,(H,25,27). The molecular formula is C24H30N2O3. The molecule has 2 amide bonds. The van der Waals surface area contributed by atoms with Crippen LogP contribution in [-0.4, -0.2) is 43.5 Å². The van der Waals surface area contributed by atoms with Crippen LogP contribution in [0.4, 0.5) is 5.69 Å². The third-order valence-electron chi connectivity index (χ3n) is 5.43. The summed E-state index contributed by atoms with van der Waals surface area (Å²) in [5.41, 5.74) is 2.63. The Bertz CT molecular complexity index is 805. The van der Waals surface area contributed by atoms with Crippen LogP contribution in [0.1, 0.15) is 35.7 Å². The summed E-state index contributed by atoms with van der Waals surface area (Å²) in [6.45, 7) is 3.82. The second-order valence-electron chi connectivity index (χ2n) is 7.76. The smallest absolute Gasteiger partial charge is 0.253 e. The molecule has 1 saturated carbocycles. The zero-order chi connectivity index (χ0) is 20.6. The van der Waals surface area contributed by atoms with E-state index in [1.54, 1.807) is 31.4 Å². The molecule has 1 aliphatic carbocycles. The Kier molecular flexibility index (Phi) is 7.42. The molecule has 0 radical (unpaired) electrons. The lowest BCUT2D eigenvalue weighted by Crippen LogP contribution is -2.35. The lowest BCUT2D eigenvalue weighted by Gasteiger charge is -2.22. The number of benzene rings is 2. The van der Waals surface area contributed by atoms with E-state index in [-0.39, 0.29) is 17.7 Å². The number of methoxy groups -OCH3 is 1. The fraction of sp³-hybridized carbons (Fsp3) is 0.417. The van der Waals surface area contributed by atoms with Gasteiger partial charge in [0.15, 0.2) is 0 Å². The van der Waals surface area contributed by atoms with E-state index in [2.05, 4.69) is 24.4 Å². The normalized spacial score (nSPS) is 17.6. The monoisotopic (exact) mass is 394 g/mol. The fourth-order valence-corrected chi connectivity index (χ4v) is 3.44. The molecule has 1 aliphatic rings. The molecule has 0 aromatic heterocycles. The van der Waals surface area contributed by atoms with Gasteiger partial charge in [0, 0.05) is 37.4 Å². The van der Waals surface area contributed by atoms with Crippen LogP contribution in [0.3, 0.4) is 0 Å². The molecule has 5 heteroatoms. The summed E-state index contributed by atoms with van der Waals surface area (Å²) in [5.74, 6) is 0.662. The van der Waals surface area contributed by atoms with E-state index >= 15 is 0 Å². The second-order valence-corrected chi connectivity index (χ2v) is 7.76. The number of anilines is 1. The van der Waals surface area contributed by atoms with Gasteiger partial charge in [0.2, 0.25) is 5.91 Å². The quantitative estimate of drug-likeness (QED) is 0.663. The number of hydrogen-bond acceptors (Lipinski definition) is 3. The van der Waals surface area contributed by atoms with Crippen molar-refractivity contribution in [3.8, 4) is 0 Å². The van der Waals surface area contributed by atoms with Crippen molar-refractivity contribution >= 4 is 17.5 Å². The molecule has 154 valence electrons. The first-order chi connectivity index (χ1) is 14.1. The number of amides is 2. The van der Waals surface area contributed by atoms with Crippen LogP contribution in [-0.2, 0) is 16.0 Å². The van der Waals surface area contributed by atoms with Gasteiger partial charge in [0.1, 0.15) is 0 Å². The number of hydrogen-bond donors (Lipinski definition) is 1. The van der Waals surface area contributed by atoms with Crippen molar-refractivity contribution in [2.45, 2.75) is 26.2 Å². The molecule has 29 heavy (non-hydrogen) atoms. The number of rotatable bonds is 10. The summed E-state index contributed by atoms with van der Waals surface area (Å²) < 4.78 is 5.18. The van der Waals surface area contributed by atoms with E-state index in [0.717, 1.165) is 24.9 Å². The van der Waals surface area contributed by atoms with Crippen molar-refractivity contribution in [3.63, 3.8) is 0 Å². The molecule has 5 nitrogen and oxygen atoms in total. The molecule has 0 bridgehead atoms. The van der Waals surface area contributed by atoms with Gasteiger partial charge in [-0.15, -0.1) is 0 Å². The van der Waals surface area contributed by atoms with Gasteiger partial charge in [-0.25, -0.2) is 0 Å². The third kappa shape index (κ3) is 6.16. The van der Waals surface area contributed by atoms with Gasteiger partial charge >= 0.3 is 0 Å². The second kappa shape index (κ2) is 10.2. The van der Waals surface area contributed by atoms with E-state index in [9.17, 15) is 9.59 Å². The SMILES string of the molecule is COCCN(CCCc1ccccc1)C(=O)c1ccc(NC(=O)C2CC2C)cc1. The molecular weight excluding hydrogens is 364 g/mol. The van der Waals surface area contributed by atoms with Crippen molar-refractivity contribution in [2.24, 2.45) is 11.8 Å². The third-order valence-corrected chi connectivity index (χ3v) is 5.43. The number of carbonyl (C=O) groups is 2. The molecule has 1 N–H and O–H groups in total. The number of ether oxygens (including phenoxy) is 1. The predicted octanol–water partition coefficient (Wildman–Crippen LogP) is 4.00. The lowest BCUT2D eigenvalue weighted by molar-refractivity contribution is -0.117. The summed E-state index contributed by atoms with van der Waals surface area (Å²) in [5, 5.41) is 2.93. The maximum atomic E-state index is 13.0. The predicted molar refractivity (Wildman–Crippen MR) is 115 cm³/mol. The minimum atomic E-state index is -0.0104. The van der Waals surface area contributed by atoms with Crippen LogP contribution in [0, 0.1) is 11.8 Å². The van der Waals surface area contributed by atoms with Gasteiger partial charge in [-0.2, -0.15) is 0 Å². The first kappa shape index (κ1) is 21.1. The van der Waals surface area contributed by atoms with E-state index in [1.165, 1.54) is 5.56 Å². The van der Waals surface area contributed by atoms with E-state index in [1.807, 2.05) is 23.1 Å². The van der Waals surface area contributed by atoms with Gasteiger partial charge in [-0.3, -0.25) is 9.59 Å². The Hall–Kier alpha value is -2.66.